The van der Waals surface area contributed by atoms with Gasteiger partial charge in [0.25, 0.3) is 0 Å². The summed E-state index contributed by atoms with van der Waals surface area (Å²) in [4.78, 5) is 4.64. The lowest BCUT2D eigenvalue weighted by molar-refractivity contribution is 0.480. The van der Waals surface area contributed by atoms with Crippen LogP contribution in [-0.4, -0.2) is 42.8 Å². The van der Waals surface area contributed by atoms with Crippen LogP contribution in [0.5, 0.6) is 5.75 Å². The Balaban J connectivity index is 1.74. The first-order valence-corrected chi connectivity index (χ1v) is 9.18. The summed E-state index contributed by atoms with van der Waals surface area (Å²) < 4.78 is 0. The van der Waals surface area contributed by atoms with Gasteiger partial charge in [0.05, 0.1) is 0 Å². The molecule has 0 saturated carbocycles. The summed E-state index contributed by atoms with van der Waals surface area (Å²) in [5, 5.41) is 17.8. The molecule has 7 N–H and O–H groups in total. The maximum Gasteiger partial charge on any atom is 0.141 e. The molecule has 2 aromatic rings. The molecule has 0 amide bonds. The summed E-state index contributed by atoms with van der Waals surface area (Å²) in [6.07, 6.45) is 4.00. The van der Waals surface area contributed by atoms with Crippen molar-refractivity contribution in [1.82, 2.24) is 15.6 Å². The summed E-state index contributed by atoms with van der Waals surface area (Å²) in [5.74, 6) is 0.225. The molecule has 6 nitrogen and oxygen atoms in total. The number of phenolic OH excluding ortho intramolecular Hbond substituents is 1. The molecular weight excluding hydrogens is 314 g/mol. The normalized spacial score (nSPS) is 11.3. The van der Waals surface area contributed by atoms with E-state index in [1.54, 1.807) is 6.07 Å². The van der Waals surface area contributed by atoms with Gasteiger partial charge >= 0.3 is 0 Å². The van der Waals surface area contributed by atoms with E-state index in [4.69, 9.17) is 11.5 Å². The molecule has 1 heterocycles. The van der Waals surface area contributed by atoms with Crippen molar-refractivity contribution in [3.63, 3.8) is 0 Å². The lowest BCUT2D eigenvalue weighted by atomic mass is 10.1. The number of para-hydroxylation sites is 1. The highest BCUT2D eigenvalue weighted by Crippen LogP contribution is 2.25. The summed E-state index contributed by atoms with van der Waals surface area (Å²) in [7, 11) is 0. The maximum absolute atomic E-state index is 9.99. The topological polar surface area (TPSA) is 109 Å². The molecule has 0 aliphatic heterocycles. The highest BCUT2D eigenvalue weighted by atomic mass is 16.3. The zero-order valence-corrected chi connectivity index (χ0v) is 14.9. The number of hydrogen-bond acceptors (Lipinski definition) is 6. The highest BCUT2D eigenvalue weighted by molar-refractivity contribution is 5.84. The molecular formula is C19H31N5O. The Bertz CT molecular complexity index is 647. The fraction of sp³-hybridized carbons (Fsp3) is 0.526. The van der Waals surface area contributed by atoms with Gasteiger partial charge in [-0.05, 0) is 76.1 Å². The average Bonchev–Trinajstić information content (AvgIpc) is 2.63. The molecule has 1 aromatic heterocycles. The van der Waals surface area contributed by atoms with Crippen molar-refractivity contribution >= 4 is 10.9 Å². The highest BCUT2D eigenvalue weighted by Gasteiger charge is 2.08. The monoisotopic (exact) mass is 345 g/mol. The Morgan fingerprint density at radius 3 is 2.40 bits per heavy atom. The van der Waals surface area contributed by atoms with Gasteiger partial charge in [0.15, 0.2) is 0 Å². The van der Waals surface area contributed by atoms with Gasteiger partial charge in [-0.2, -0.15) is 0 Å². The number of aryl methyl sites for hydroxylation is 1. The predicted octanol–water partition coefficient (Wildman–Crippen LogP) is 1.25. The van der Waals surface area contributed by atoms with E-state index in [-0.39, 0.29) is 5.75 Å². The number of aromatic hydroxyl groups is 1. The van der Waals surface area contributed by atoms with Crippen LogP contribution in [0.3, 0.4) is 0 Å². The van der Waals surface area contributed by atoms with Gasteiger partial charge in [0.1, 0.15) is 11.3 Å². The number of benzene rings is 1. The summed E-state index contributed by atoms with van der Waals surface area (Å²) in [6.45, 7) is 5.19. The average molecular weight is 345 g/mol. The van der Waals surface area contributed by atoms with E-state index in [1.165, 1.54) is 0 Å². The number of nitrogens with two attached hydrogens (primary N) is 2. The second kappa shape index (κ2) is 11.0. The standard InChI is InChI=1S/C19H31N5O/c20-8-3-10-23-12-4-11-22-9-2-6-17-16(14-21)13-15-5-1-7-18(25)19(15)24-17/h1,5,7,13,22-23,25H,2-4,6,8-12,14,20-21H2. The molecule has 0 unspecified atom stereocenters. The number of aromatic nitrogens is 1. The molecule has 0 aliphatic carbocycles. The van der Waals surface area contributed by atoms with E-state index in [1.807, 2.05) is 18.2 Å². The molecule has 0 saturated heterocycles. The first-order chi connectivity index (χ1) is 12.3. The molecule has 0 aliphatic rings. The van der Waals surface area contributed by atoms with Crippen molar-refractivity contribution in [3.8, 4) is 5.75 Å². The Kier molecular flexibility index (Phi) is 8.62. The fourth-order valence-electron chi connectivity index (χ4n) is 2.85. The minimum absolute atomic E-state index is 0.225. The molecule has 6 heteroatoms. The zero-order chi connectivity index (χ0) is 17.9. The van der Waals surface area contributed by atoms with Crippen LogP contribution >= 0.6 is 0 Å². The van der Waals surface area contributed by atoms with E-state index >= 15 is 0 Å². The van der Waals surface area contributed by atoms with Crippen molar-refractivity contribution in [3.05, 3.63) is 35.5 Å². The predicted molar refractivity (Wildman–Crippen MR) is 104 cm³/mol. The Morgan fingerprint density at radius 2 is 1.68 bits per heavy atom. The number of rotatable bonds is 12. The van der Waals surface area contributed by atoms with Crippen molar-refractivity contribution in [2.24, 2.45) is 11.5 Å². The van der Waals surface area contributed by atoms with Crippen molar-refractivity contribution in [1.29, 1.82) is 0 Å². The lowest BCUT2D eigenvalue weighted by Gasteiger charge is -2.11. The zero-order valence-electron chi connectivity index (χ0n) is 14.9. The molecule has 0 spiro atoms. The van der Waals surface area contributed by atoms with Crippen LogP contribution in [0.25, 0.3) is 10.9 Å². The van der Waals surface area contributed by atoms with Crippen molar-refractivity contribution in [2.75, 3.05) is 32.7 Å². The lowest BCUT2D eigenvalue weighted by Crippen LogP contribution is -2.24. The number of pyridine rings is 1. The number of fused-ring (bicyclic) bond motifs is 1. The summed E-state index contributed by atoms with van der Waals surface area (Å²) in [5.41, 5.74) is 14.0. The van der Waals surface area contributed by atoms with Crippen LogP contribution in [0.2, 0.25) is 0 Å². The molecule has 0 bridgehead atoms. The second-order valence-corrected chi connectivity index (χ2v) is 6.25. The van der Waals surface area contributed by atoms with Gasteiger partial charge in [0, 0.05) is 17.6 Å². The second-order valence-electron chi connectivity index (χ2n) is 6.25. The molecule has 0 radical (unpaired) electrons. The largest absolute Gasteiger partial charge is 0.506 e. The minimum Gasteiger partial charge on any atom is -0.506 e. The smallest absolute Gasteiger partial charge is 0.141 e. The van der Waals surface area contributed by atoms with Crippen LogP contribution in [0, 0.1) is 0 Å². The summed E-state index contributed by atoms with van der Waals surface area (Å²) >= 11 is 0. The van der Waals surface area contributed by atoms with Gasteiger partial charge in [-0.3, -0.25) is 0 Å². The van der Waals surface area contributed by atoms with Gasteiger partial charge in [-0.25, -0.2) is 4.98 Å². The van der Waals surface area contributed by atoms with E-state index in [2.05, 4.69) is 15.6 Å². The SMILES string of the molecule is NCCCNCCCNCCCc1nc2c(O)cccc2cc1CN. The van der Waals surface area contributed by atoms with Gasteiger partial charge in [0.2, 0.25) is 0 Å². The molecule has 2 rings (SSSR count). The third-order valence-electron chi connectivity index (χ3n) is 4.24. The molecule has 1 aromatic carbocycles. The van der Waals surface area contributed by atoms with E-state index in [9.17, 15) is 5.11 Å². The number of nitrogens with one attached hydrogen (secondary N) is 2. The Hall–Kier alpha value is -1.73. The quantitative estimate of drug-likeness (QED) is 0.370. The van der Waals surface area contributed by atoms with Crippen LogP contribution in [-0.2, 0) is 13.0 Å². The van der Waals surface area contributed by atoms with Crippen molar-refractivity contribution in [2.45, 2.75) is 32.2 Å². The van der Waals surface area contributed by atoms with Crippen LogP contribution < -0.4 is 22.1 Å². The van der Waals surface area contributed by atoms with Gasteiger partial charge < -0.3 is 27.2 Å². The number of nitrogens with zero attached hydrogens (tertiary/aromatic N) is 1. The van der Waals surface area contributed by atoms with Crippen LogP contribution in [0.15, 0.2) is 24.3 Å². The van der Waals surface area contributed by atoms with Gasteiger partial charge in [-0.1, -0.05) is 12.1 Å². The number of hydrogen-bond donors (Lipinski definition) is 5. The van der Waals surface area contributed by atoms with Crippen LogP contribution in [0.1, 0.15) is 30.5 Å². The first-order valence-electron chi connectivity index (χ1n) is 9.18. The number of phenols is 1. The molecule has 0 atom stereocenters. The van der Waals surface area contributed by atoms with E-state index < -0.39 is 0 Å². The van der Waals surface area contributed by atoms with E-state index in [0.717, 1.165) is 75.1 Å². The maximum atomic E-state index is 9.99. The fourth-order valence-corrected chi connectivity index (χ4v) is 2.85. The van der Waals surface area contributed by atoms with Crippen molar-refractivity contribution < 1.29 is 5.11 Å². The van der Waals surface area contributed by atoms with E-state index in [0.29, 0.717) is 12.1 Å². The molecule has 25 heavy (non-hydrogen) atoms. The minimum atomic E-state index is 0.225. The summed E-state index contributed by atoms with van der Waals surface area (Å²) in [6, 6.07) is 7.49. The Labute approximate surface area is 150 Å². The first kappa shape index (κ1) is 19.6. The molecule has 0 fully saturated rings. The van der Waals surface area contributed by atoms with Crippen LogP contribution in [0.4, 0.5) is 0 Å². The molecule has 138 valence electrons. The third-order valence-corrected chi connectivity index (χ3v) is 4.24. The Morgan fingerprint density at radius 1 is 0.960 bits per heavy atom. The third kappa shape index (κ3) is 6.25. The van der Waals surface area contributed by atoms with Gasteiger partial charge in [-0.15, -0.1) is 0 Å².